The topological polar surface area (TPSA) is 86.7 Å². The van der Waals surface area contributed by atoms with Crippen LogP contribution in [-0.2, 0) is 14.8 Å². The van der Waals surface area contributed by atoms with Crippen LogP contribution in [0.15, 0.2) is 0 Å². The molecule has 0 aliphatic heterocycles. The molecular weight excluding hydrogens is 220 g/mol. The minimum Gasteiger partial charge on any atom is -0.480 e. The molecule has 0 saturated carbocycles. The molecule has 0 aromatic rings. The molecule has 0 radical (unpaired) electrons. The number of nitrogens with zero attached hydrogens (tertiary/aromatic N) is 1. The zero-order chi connectivity index (χ0) is 12.3. The Balaban J connectivity index is 4.33. The lowest BCUT2D eigenvalue weighted by Crippen LogP contribution is -2.48. The highest BCUT2D eigenvalue weighted by Crippen LogP contribution is 2.08. The van der Waals surface area contributed by atoms with Crippen molar-refractivity contribution in [3.8, 4) is 0 Å². The summed E-state index contributed by atoms with van der Waals surface area (Å²) in [5, 5.41) is 8.36. The summed E-state index contributed by atoms with van der Waals surface area (Å²) < 4.78 is 24.7. The standard InChI is InChI=1S/C8H18N2O4S/c1-8(2,10(3)4)6-9-15(13,14)5-7(11)12/h9H,5-6H2,1-4H3,(H,11,12). The number of sulfonamides is 1. The van der Waals surface area contributed by atoms with Crippen molar-refractivity contribution in [2.24, 2.45) is 0 Å². The van der Waals surface area contributed by atoms with E-state index in [-0.39, 0.29) is 12.1 Å². The van der Waals surface area contributed by atoms with Crippen molar-refractivity contribution < 1.29 is 18.3 Å². The summed E-state index contributed by atoms with van der Waals surface area (Å²) in [7, 11) is -0.0740. The second kappa shape index (κ2) is 4.91. The Labute approximate surface area is 90.3 Å². The van der Waals surface area contributed by atoms with E-state index in [1.807, 2.05) is 32.8 Å². The zero-order valence-electron chi connectivity index (χ0n) is 9.44. The van der Waals surface area contributed by atoms with Gasteiger partial charge >= 0.3 is 5.97 Å². The van der Waals surface area contributed by atoms with Gasteiger partial charge in [-0.2, -0.15) is 0 Å². The average Bonchev–Trinajstić information content (AvgIpc) is 1.98. The molecule has 90 valence electrons. The van der Waals surface area contributed by atoms with Crippen molar-refractivity contribution >= 4 is 16.0 Å². The van der Waals surface area contributed by atoms with Crippen LogP contribution in [0.1, 0.15) is 13.8 Å². The first-order chi connectivity index (χ1) is 6.57. The van der Waals surface area contributed by atoms with E-state index in [1.54, 1.807) is 0 Å². The van der Waals surface area contributed by atoms with Gasteiger partial charge in [-0.25, -0.2) is 13.1 Å². The molecule has 0 atom stereocenters. The van der Waals surface area contributed by atoms with Gasteiger partial charge in [-0.05, 0) is 27.9 Å². The number of aliphatic carboxylic acids is 1. The number of likely N-dealkylation sites (N-methyl/N-ethyl adjacent to an activating group) is 1. The molecule has 0 fully saturated rings. The summed E-state index contributed by atoms with van der Waals surface area (Å²) >= 11 is 0. The molecule has 0 amide bonds. The molecule has 0 unspecified atom stereocenters. The van der Waals surface area contributed by atoms with E-state index in [9.17, 15) is 13.2 Å². The molecule has 2 N–H and O–H groups in total. The number of hydrogen-bond acceptors (Lipinski definition) is 4. The van der Waals surface area contributed by atoms with E-state index in [0.29, 0.717) is 0 Å². The van der Waals surface area contributed by atoms with Gasteiger partial charge in [0.25, 0.3) is 0 Å². The first-order valence-electron chi connectivity index (χ1n) is 4.43. The van der Waals surface area contributed by atoms with Crippen LogP contribution in [-0.4, -0.2) is 56.3 Å². The monoisotopic (exact) mass is 238 g/mol. The highest BCUT2D eigenvalue weighted by molar-refractivity contribution is 7.90. The maximum atomic E-state index is 11.2. The van der Waals surface area contributed by atoms with Crippen LogP contribution in [0.5, 0.6) is 0 Å². The minimum atomic E-state index is -3.72. The fourth-order valence-electron chi connectivity index (χ4n) is 0.658. The predicted octanol–water partition coefficient (Wildman–Crippen LogP) is -0.669. The van der Waals surface area contributed by atoms with E-state index in [4.69, 9.17) is 5.11 Å². The molecule has 7 heteroatoms. The van der Waals surface area contributed by atoms with Gasteiger partial charge in [-0.3, -0.25) is 4.79 Å². The first kappa shape index (κ1) is 14.3. The van der Waals surface area contributed by atoms with Gasteiger partial charge in [0.15, 0.2) is 5.75 Å². The van der Waals surface area contributed by atoms with Crippen LogP contribution in [0.25, 0.3) is 0 Å². The van der Waals surface area contributed by atoms with Gasteiger partial charge in [-0.15, -0.1) is 0 Å². The van der Waals surface area contributed by atoms with Crippen LogP contribution >= 0.6 is 0 Å². The Hall–Kier alpha value is -0.660. The first-order valence-corrected chi connectivity index (χ1v) is 6.08. The maximum Gasteiger partial charge on any atom is 0.320 e. The Bertz CT molecular complexity index is 322. The van der Waals surface area contributed by atoms with Crippen LogP contribution < -0.4 is 4.72 Å². The predicted molar refractivity (Wildman–Crippen MR) is 57.2 cm³/mol. The molecular formula is C8H18N2O4S. The quantitative estimate of drug-likeness (QED) is 0.641. The molecule has 0 aromatic carbocycles. The molecule has 0 saturated heterocycles. The number of carboxylic acid groups (broad SMARTS) is 1. The molecule has 0 aliphatic carbocycles. The van der Waals surface area contributed by atoms with Gasteiger partial charge < -0.3 is 10.0 Å². The molecule has 0 spiro atoms. The molecule has 0 rings (SSSR count). The number of hydrogen-bond donors (Lipinski definition) is 2. The Kier molecular flexibility index (Phi) is 4.69. The normalized spacial score (nSPS) is 13.1. The SMILES string of the molecule is CN(C)C(C)(C)CNS(=O)(=O)CC(=O)O. The van der Waals surface area contributed by atoms with Crippen molar-refractivity contribution in [1.29, 1.82) is 0 Å². The third-order valence-electron chi connectivity index (χ3n) is 2.25. The summed E-state index contributed by atoms with van der Waals surface area (Å²) in [5.41, 5.74) is -0.356. The van der Waals surface area contributed by atoms with Crippen LogP contribution in [0.4, 0.5) is 0 Å². The van der Waals surface area contributed by atoms with Gasteiger partial charge in [0.1, 0.15) is 0 Å². The second-order valence-corrected chi connectivity index (χ2v) is 5.99. The van der Waals surface area contributed by atoms with Crippen LogP contribution in [0.2, 0.25) is 0 Å². The zero-order valence-corrected chi connectivity index (χ0v) is 10.3. The lowest BCUT2D eigenvalue weighted by Gasteiger charge is -2.32. The third-order valence-corrected chi connectivity index (χ3v) is 3.46. The van der Waals surface area contributed by atoms with Gasteiger partial charge in [0.2, 0.25) is 10.0 Å². The average molecular weight is 238 g/mol. The van der Waals surface area contributed by atoms with E-state index < -0.39 is 21.7 Å². The smallest absolute Gasteiger partial charge is 0.320 e. The molecule has 6 nitrogen and oxygen atoms in total. The highest BCUT2D eigenvalue weighted by atomic mass is 32.2. The molecule has 0 bridgehead atoms. The molecule has 0 aliphatic rings. The molecule has 0 aromatic heterocycles. The molecule has 15 heavy (non-hydrogen) atoms. The number of carboxylic acids is 1. The van der Waals surface area contributed by atoms with E-state index in [0.717, 1.165) is 0 Å². The van der Waals surface area contributed by atoms with E-state index in [2.05, 4.69) is 4.72 Å². The van der Waals surface area contributed by atoms with E-state index in [1.165, 1.54) is 0 Å². The van der Waals surface area contributed by atoms with Gasteiger partial charge in [-0.1, -0.05) is 0 Å². The van der Waals surface area contributed by atoms with E-state index >= 15 is 0 Å². The molecule has 0 heterocycles. The van der Waals surface area contributed by atoms with Gasteiger partial charge in [0, 0.05) is 12.1 Å². The van der Waals surface area contributed by atoms with Crippen molar-refractivity contribution in [2.45, 2.75) is 19.4 Å². The van der Waals surface area contributed by atoms with Crippen molar-refractivity contribution in [1.82, 2.24) is 9.62 Å². The lowest BCUT2D eigenvalue weighted by atomic mass is 10.1. The van der Waals surface area contributed by atoms with Gasteiger partial charge in [0.05, 0.1) is 0 Å². The minimum absolute atomic E-state index is 0.176. The number of carbonyl (C=O) groups is 1. The second-order valence-electron chi connectivity index (χ2n) is 4.18. The summed E-state index contributed by atoms with van der Waals surface area (Å²) in [6.07, 6.45) is 0. The fourth-order valence-corrected chi connectivity index (χ4v) is 1.66. The Morgan fingerprint density at radius 3 is 2.20 bits per heavy atom. The lowest BCUT2D eigenvalue weighted by molar-refractivity contribution is -0.134. The summed E-state index contributed by atoms with van der Waals surface area (Å²) in [4.78, 5) is 12.1. The summed E-state index contributed by atoms with van der Waals surface area (Å²) in [5.74, 6) is -2.25. The highest BCUT2D eigenvalue weighted by Gasteiger charge is 2.24. The number of nitrogens with one attached hydrogen (secondary N) is 1. The Morgan fingerprint density at radius 1 is 1.40 bits per heavy atom. The Morgan fingerprint density at radius 2 is 1.87 bits per heavy atom. The fraction of sp³-hybridized carbons (Fsp3) is 0.875. The van der Waals surface area contributed by atoms with Crippen molar-refractivity contribution in [3.05, 3.63) is 0 Å². The maximum absolute atomic E-state index is 11.2. The van der Waals surface area contributed by atoms with Crippen LogP contribution in [0.3, 0.4) is 0 Å². The summed E-state index contributed by atoms with van der Waals surface area (Å²) in [6, 6.07) is 0. The van der Waals surface area contributed by atoms with Crippen molar-refractivity contribution in [2.75, 3.05) is 26.4 Å². The number of rotatable bonds is 6. The summed E-state index contributed by atoms with van der Waals surface area (Å²) in [6.45, 7) is 3.89. The van der Waals surface area contributed by atoms with Crippen molar-refractivity contribution in [3.63, 3.8) is 0 Å². The largest absolute Gasteiger partial charge is 0.480 e. The third kappa shape index (κ3) is 5.71. The van der Waals surface area contributed by atoms with Crippen LogP contribution in [0, 0.1) is 0 Å².